The summed E-state index contributed by atoms with van der Waals surface area (Å²) in [7, 11) is 0. The average Bonchev–Trinajstić information content (AvgIpc) is 3.85. The number of thiophene rings is 1. The molecule has 0 fully saturated rings. The Morgan fingerprint density at radius 3 is 2.00 bits per heavy atom. The van der Waals surface area contributed by atoms with Crippen LogP contribution in [0.4, 0.5) is 13.2 Å². The fraction of sp³-hybridized carbons (Fsp3) is 0.0638. The van der Waals surface area contributed by atoms with E-state index in [1.807, 2.05) is 66.7 Å². The van der Waals surface area contributed by atoms with Crippen molar-refractivity contribution in [2.24, 2.45) is 0 Å². The maximum Gasteiger partial charge on any atom is 0.415 e. The molecule has 0 saturated heterocycles. The summed E-state index contributed by atoms with van der Waals surface area (Å²) in [5.74, 6) is 0.548. The molecule has 0 aliphatic carbocycles. The topological polar surface area (TPSA) is 30.7 Å². The van der Waals surface area contributed by atoms with Crippen molar-refractivity contribution in [3.8, 4) is 50.6 Å². The third kappa shape index (κ3) is 7.80. The summed E-state index contributed by atoms with van der Waals surface area (Å²) in [6.07, 6.45) is -3.15. The fourth-order valence-corrected chi connectivity index (χ4v) is 7.18. The number of nitrogens with zero attached hydrogens (tertiary/aromatic N) is 3. The average molecular weight is 926 g/mol. The molecule has 0 bridgehead atoms. The van der Waals surface area contributed by atoms with Gasteiger partial charge in [0, 0.05) is 51.2 Å². The second-order valence-electron chi connectivity index (χ2n) is 12.4. The van der Waals surface area contributed by atoms with E-state index in [2.05, 4.69) is 57.4 Å². The minimum absolute atomic E-state index is 0. The van der Waals surface area contributed by atoms with Crippen LogP contribution in [0.15, 0.2) is 158 Å². The fourth-order valence-electron chi connectivity index (χ4n) is 6.36. The molecule has 0 N–H and O–H groups in total. The van der Waals surface area contributed by atoms with Crippen molar-refractivity contribution in [3.63, 3.8) is 0 Å². The van der Waals surface area contributed by atoms with E-state index in [1.54, 1.807) is 12.1 Å². The molecule has 0 saturated carbocycles. The van der Waals surface area contributed by atoms with E-state index in [4.69, 9.17) is 13.2 Å². The quantitative estimate of drug-likeness (QED) is 0.161. The van der Waals surface area contributed by atoms with E-state index >= 15 is 0 Å². The Morgan fingerprint density at radius 2 is 1.38 bits per heavy atom. The second kappa shape index (κ2) is 16.0. The van der Waals surface area contributed by atoms with E-state index in [0.717, 1.165) is 49.7 Å². The van der Waals surface area contributed by atoms with Crippen LogP contribution in [0.5, 0.6) is 0 Å². The molecular formula is C47H32F3IrN3S-2. The van der Waals surface area contributed by atoms with Crippen LogP contribution >= 0.6 is 11.3 Å². The van der Waals surface area contributed by atoms with E-state index in [0.29, 0.717) is 28.0 Å². The van der Waals surface area contributed by atoms with Gasteiger partial charge in [-0.3, -0.25) is 16.3 Å². The summed E-state index contributed by atoms with van der Waals surface area (Å²) in [4.78, 5) is 9.08. The summed E-state index contributed by atoms with van der Waals surface area (Å²) in [5, 5.41) is 3.77. The molecule has 1 radical (unpaired) electrons. The Balaban J connectivity index is 0.000000226. The van der Waals surface area contributed by atoms with E-state index < -0.39 is 25.4 Å². The predicted octanol–water partition coefficient (Wildman–Crippen LogP) is 13.2. The van der Waals surface area contributed by atoms with Crippen LogP contribution in [0, 0.1) is 25.2 Å². The normalized spacial score (nSPS) is 13.3. The van der Waals surface area contributed by atoms with Crippen molar-refractivity contribution in [1.82, 2.24) is 14.5 Å². The van der Waals surface area contributed by atoms with Crippen molar-refractivity contribution in [2.45, 2.75) is 19.9 Å². The molecule has 8 heteroatoms. The number of imidazole rings is 1. The molecule has 9 aromatic rings. The number of rotatable bonds is 5. The van der Waals surface area contributed by atoms with Crippen molar-refractivity contribution in [2.75, 3.05) is 0 Å². The Labute approximate surface area is 343 Å². The number of aryl methyl sites for hydroxylation is 2. The molecular weight excluding hydrogens is 888 g/mol. The van der Waals surface area contributed by atoms with Gasteiger partial charge in [0.25, 0.3) is 0 Å². The number of halogens is 3. The number of benzene rings is 6. The van der Waals surface area contributed by atoms with Gasteiger partial charge in [-0.2, -0.15) is 13.2 Å². The third-order valence-corrected chi connectivity index (χ3v) is 9.79. The van der Waals surface area contributed by atoms with Crippen molar-refractivity contribution in [3.05, 3.63) is 186 Å². The molecule has 0 aliphatic heterocycles. The molecule has 3 heterocycles. The number of pyridine rings is 1. The molecule has 0 spiro atoms. The molecule has 3 aromatic heterocycles. The predicted molar refractivity (Wildman–Crippen MR) is 215 cm³/mol. The Morgan fingerprint density at radius 1 is 0.709 bits per heavy atom. The zero-order valence-electron chi connectivity index (χ0n) is 34.7. The van der Waals surface area contributed by atoms with Crippen LogP contribution in [0.1, 0.15) is 24.9 Å². The number of alkyl halides is 3. The Kier molecular flexibility index (Phi) is 8.90. The maximum absolute atomic E-state index is 13.7. The molecule has 0 unspecified atom stereocenters. The first-order valence-electron chi connectivity index (χ1n) is 19.9. The molecule has 3 nitrogen and oxygen atoms in total. The number of aromatic nitrogens is 3. The van der Waals surface area contributed by atoms with Gasteiger partial charge in [-0.25, -0.2) is 0 Å². The standard InChI is InChI=1S/C34H20F3N2S.C13H12N.Ir/c35-34(36,37)24-18-19-31-27(20-24)28(21-40-31)33-38-29-16-7-8-17-30(29)39(33)32-25(22-10-3-1-4-11-22)14-9-15-26(32)23-12-5-2-6-13-23;1-10-3-6-12(7-4-10)13-8-5-11(2)9-14-13;/h1-20H;3-6,8-9H,1-2H3;/q2*-1;/i;1D3,2D3;. The summed E-state index contributed by atoms with van der Waals surface area (Å²) in [6.45, 7) is -4.34. The SMILES string of the molecule is FC(F)(F)c1ccc2s[c-]c(-c3nc4ccccc4n3-c3c(-c4ccccc4)cccc3-c3ccccc3)c2c1.[2H]C([2H])([2H])c1c[c-]c(-c2ccc(C([2H])([2H])[2H])cn2)cc1.[Ir]. The van der Waals surface area contributed by atoms with Gasteiger partial charge in [0.1, 0.15) is 0 Å². The zero-order valence-corrected chi connectivity index (χ0v) is 31.9. The van der Waals surface area contributed by atoms with Gasteiger partial charge in [-0.05, 0) is 41.4 Å². The Hall–Kier alpha value is -5.66. The van der Waals surface area contributed by atoms with Gasteiger partial charge < -0.3 is 9.55 Å². The first-order valence-corrected chi connectivity index (χ1v) is 17.7. The molecule has 273 valence electrons. The molecule has 55 heavy (non-hydrogen) atoms. The minimum atomic E-state index is -4.45. The summed E-state index contributed by atoms with van der Waals surface area (Å²) < 4.78 is 87.6. The third-order valence-electron chi connectivity index (χ3n) is 8.91. The number of fused-ring (bicyclic) bond motifs is 2. The van der Waals surface area contributed by atoms with Crippen LogP contribution < -0.4 is 0 Å². The summed E-state index contributed by atoms with van der Waals surface area (Å²) in [6, 6.07) is 48.5. The van der Waals surface area contributed by atoms with Crippen molar-refractivity contribution in [1.29, 1.82) is 0 Å². The van der Waals surface area contributed by atoms with E-state index in [-0.39, 0.29) is 31.2 Å². The van der Waals surface area contributed by atoms with Crippen LogP contribution in [0.25, 0.3) is 71.7 Å². The van der Waals surface area contributed by atoms with Crippen LogP contribution in [0.3, 0.4) is 0 Å². The van der Waals surface area contributed by atoms with Crippen molar-refractivity contribution >= 4 is 32.5 Å². The molecule has 0 aliphatic rings. The molecule has 9 rings (SSSR count). The largest absolute Gasteiger partial charge is 0.415 e. The summed E-state index contributed by atoms with van der Waals surface area (Å²) in [5.41, 5.74) is 7.94. The maximum atomic E-state index is 13.7. The first-order chi connectivity index (χ1) is 28.7. The summed E-state index contributed by atoms with van der Waals surface area (Å²) >= 11 is 1.30. The van der Waals surface area contributed by atoms with Gasteiger partial charge >= 0.3 is 6.18 Å². The van der Waals surface area contributed by atoms with Crippen LogP contribution in [-0.2, 0) is 26.3 Å². The zero-order chi connectivity index (χ0) is 42.2. The molecule has 0 amide bonds. The number of hydrogen-bond acceptors (Lipinski definition) is 3. The first kappa shape index (κ1) is 30.6. The molecule has 6 aromatic carbocycles. The van der Waals surface area contributed by atoms with Crippen molar-refractivity contribution < 1.29 is 41.5 Å². The minimum Gasteiger partial charge on any atom is -0.332 e. The molecule has 0 atom stereocenters. The van der Waals surface area contributed by atoms with Gasteiger partial charge in [0.05, 0.1) is 22.5 Å². The monoisotopic (exact) mass is 926 g/mol. The van der Waals surface area contributed by atoms with Gasteiger partial charge in [-0.15, -0.1) is 40.8 Å². The van der Waals surface area contributed by atoms with E-state index in [1.165, 1.54) is 47.9 Å². The Bertz CT molecular complexity index is 2820. The number of hydrogen-bond donors (Lipinski definition) is 0. The van der Waals surface area contributed by atoms with Crippen LogP contribution in [-0.4, -0.2) is 14.5 Å². The van der Waals surface area contributed by atoms with Gasteiger partial charge in [0.15, 0.2) is 0 Å². The van der Waals surface area contributed by atoms with Crippen LogP contribution in [0.2, 0.25) is 0 Å². The second-order valence-corrected chi connectivity index (χ2v) is 13.3. The van der Waals surface area contributed by atoms with Gasteiger partial charge in [0.2, 0.25) is 0 Å². The van der Waals surface area contributed by atoms with Gasteiger partial charge in [-0.1, -0.05) is 144 Å². The van der Waals surface area contributed by atoms with E-state index in [9.17, 15) is 13.2 Å². The number of para-hydroxylation sites is 3. The smallest absolute Gasteiger partial charge is 0.332 e.